The Balaban J connectivity index is 1.68. The van der Waals surface area contributed by atoms with Crippen LogP contribution in [0, 0.1) is 0 Å². The van der Waals surface area contributed by atoms with Gasteiger partial charge in [0, 0.05) is 51.9 Å². The lowest BCUT2D eigenvalue weighted by molar-refractivity contribution is 0.157. The van der Waals surface area contributed by atoms with Crippen molar-refractivity contribution in [3.05, 3.63) is 60.4 Å². The van der Waals surface area contributed by atoms with Crippen LogP contribution in [0.3, 0.4) is 0 Å². The molecule has 1 unspecified atom stereocenters. The summed E-state index contributed by atoms with van der Waals surface area (Å²) in [5, 5.41) is 33.7. The lowest BCUT2D eigenvalue weighted by Gasteiger charge is -2.20. The molecule has 0 bridgehead atoms. The Labute approximate surface area is 165 Å². The summed E-state index contributed by atoms with van der Waals surface area (Å²) >= 11 is 0. The fourth-order valence-corrected chi connectivity index (χ4v) is 4.73. The Morgan fingerprint density at radius 3 is 2.52 bits per heavy atom. The van der Waals surface area contributed by atoms with Crippen molar-refractivity contribution in [1.82, 2.24) is 14.5 Å². The van der Waals surface area contributed by atoms with Crippen molar-refractivity contribution in [3.8, 4) is 34.0 Å². The van der Waals surface area contributed by atoms with E-state index in [-0.39, 0.29) is 11.8 Å². The highest BCUT2D eigenvalue weighted by Gasteiger charge is 2.28. The number of benzene rings is 2. The zero-order chi connectivity index (χ0) is 19.7. The monoisotopic (exact) mass is 385 g/mol. The first-order valence-electron chi connectivity index (χ1n) is 9.64. The molecular formula is C23H19N3O3. The van der Waals surface area contributed by atoms with Gasteiger partial charge in [0.2, 0.25) is 0 Å². The summed E-state index contributed by atoms with van der Waals surface area (Å²) in [7, 11) is 0. The number of aryl methyl sites for hydroxylation is 1. The topological polar surface area (TPSA) is 97.2 Å². The number of aliphatic hydroxyl groups is 1. The van der Waals surface area contributed by atoms with Gasteiger partial charge in [0.1, 0.15) is 0 Å². The number of hydrogen-bond donors (Lipinski definition) is 5. The molecule has 5 aromatic rings. The van der Waals surface area contributed by atoms with Gasteiger partial charge in [-0.05, 0) is 12.5 Å². The molecule has 144 valence electrons. The third-order valence-corrected chi connectivity index (χ3v) is 6.02. The van der Waals surface area contributed by atoms with Crippen LogP contribution in [0.2, 0.25) is 0 Å². The van der Waals surface area contributed by atoms with Gasteiger partial charge >= 0.3 is 0 Å². The number of H-pyrrole nitrogens is 2. The van der Waals surface area contributed by atoms with Gasteiger partial charge < -0.3 is 24.9 Å². The number of rotatable bonds is 2. The van der Waals surface area contributed by atoms with Gasteiger partial charge in [-0.1, -0.05) is 36.4 Å². The van der Waals surface area contributed by atoms with Crippen molar-refractivity contribution >= 4 is 21.8 Å². The lowest BCUT2D eigenvalue weighted by Crippen LogP contribution is -2.11. The molecule has 29 heavy (non-hydrogen) atoms. The molecule has 1 aliphatic rings. The molecule has 0 fully saturated rings. The summed E-state index contributed by atoms with van der Waals surface area (Å²) in [6, 6.07) is 13.7. The number of aromatic amines is 2. The maximum Gasteiger partial charge on any atom is 0.200 e. The van der Waals surface area contributed by atoms with Crippen LogP contribution in [0.1, 0.15) is 18.1 Å². The molecule has 0 saturated heterocycles. The number of nitrogens with zero attached hydrogens (tertiary/aromatic N) is 1. The third-order valence-electron chi connectivity index (χ3n) is 6.02. The fourth-order valence-electron chi connectivity index (χ4n) is 4.73. The second kappa shape index (κ2) is 5.68. The molecule has 3 aromatic heterocycles. The second-order valence-corrected chi connectivity index (χ2v) is 7.60. The average Bonchev–Trinajstić information content (AvgIpc) is 3.38. The fraction of sp³-hybridized carbons (Fsp3) is 0.130. The van der Waals surface area contributed by atoms with E-state index in [4.69, 9.17) is 0 Å². The van der Waals surface area contributed by atoms with Gasteiger partial charge in [-0.2, -0.15) is 0 Å². The van der Waals surface area contributed by atoms with Crippen molar-refractivity contribution in [2.75, 3.05) is 0 Å². The Bertz CT molecular complexity index is 1410. The summed E-state index contributed by atoms with van der Waals surface area (Å²) < 4.78 is 2.12. The predicted octanol–water partition coefficient (Wildman–Crippen LogP) is 4.63. The zero-order valence-electron chi connectivity index (χ0n) is 15.5. The average molecular weight is 385 g/mol. The highest BCUT2D eigenvalue weighted by Crippen LogP contribution is 2.49. The van der Waals surface area contributed by atoms with Crippen LogP contribution in [-0.2, 0) is 6.54 Å². The predicted molar refractivity (Wildman–Crippen MR) is 112 cm³/mol. The van der Waals surface area contributed by atoms with Gasteiger partial charge in [0.25, 0.3) is 0 Å². The van der Waals surface area contributed by atoms with E-state index in [1.165, 1.54) is 0 Å². The highest BCUT2D eigenvalue weighted by atomic mass is 16.3. The smallest absolute Gasteiger partial charge is 0.200 e. The number of aromatic nitrogens is 3. The Morgan fingerprint density at radius 2 is 1.66 bits per heavy atom. The van der Waals surface area contributed by atoms with Gasteiger partial charge in [-0.3, -0.25) is 4.98 Å². The zero-order valence-corrected chi connectivity index (χ0v) is 15.5. The summed E-state index contributed by atoms with van der Waals surface area (Å²) in [6.07, 6.45) is 4.01. The molecule has 6 nitrogen and oxygen atoms in total. The van der Waals surface area contributed by atoms with Crippen LogP contribution in [0.15, 0.2) is 54.9 Å². The van der Waals surface area contributed by atoms with Crippen LogP contribution < -0.4 is 0 Å². The van der Waals surface area contributed by atoms with Crippen molar-refractivity contribution < 1.29 is 15.3 Å². The SMILES string of the molecule is Oc1[nH]c(O)c(-c2cn3c4c(cccc24)C(O)CC3)c1-c1c[nH]c2ccccc12. The Kier molecular flexibility index (Phi) is 3.20. The first kappa shape index (κ1) is 16.3. The van der Waals surface area contributed by atoms with E-state index < -0.39 is 6.10 Å². The summed E-state index contributed by atoms with van der Waals surface area (Å²) in [5.74, 6) is -0.152. The van der Waals surface area contributed by atoms with Gasteiger partial charge in [-0.15, -0.1) is 0 Å². The van der Waals surface area contributed by atoms with Gasteiger partial charge in [0.15, 0.2) is 11.8 Å². The maximum absolute atomic E-state index is 10.7. The number of nitrogens with one attached hydrogen (secondary N) is 2. The van der Waals surface area contributed by atoms with Crippen LogP contribution in [0.5, 0.6) is 11.8 Å². The molecule has 1 atom stereocenters. The summed E-state index contributed by atoms with van der Waals surface area (Å²) in [5.41, 5.74) is 5.59. The van der Waals surface area contributed by atoms with E-state index in [9.17, 15) is 15.3 Å². The van der Waals surface area contributed by atoms with E-state index in [0.717, 1.165) is 38.5 Å². The summed E-state index contributed by atoms with van der Waals surface area (Å²) in [6.45, 7) is 0.703. The molecule has 6 rings (SSSR count). The van der Waals surface area contributed by atoms with Gasteiger partial charge in [-0.25, -0.2) is 0 Å². The minimum absolute atomic E-state index is 0.0748. The molecule has 0 amide bonds. The molecule has 0 aliphatic carbocycles. The molecule has 2 aromatic carbocycles. The molecule has 4 heterocycles. The van der Waals surface area contributed by atoms with E-state index in [2.05, 4.69) is 14.5 Å². The molecular weight excluding hydrogens is 366 g/mol. The van der Waals surface area contributed by atoms with Crippen LogP contribution in [0.25, 0.3) is 44.1 Å². The molecule has 1 aliphatic heterocycles. The number of hydrogen-bond acceptors (Lipinski definition) is 3. The molecule has 6 heteroatoms. The number of aliphatic hydroxyl groups excluding tert-OH is 1. The largest absolute Gasteiger partial charge is 0.494 e. The van der Waals surface area contributed by atoms with Crippen molar-refractivity contribution in [2.24, 2.45) is 0 Å². The molecule has 0 spiro atoms. The third kappa shape index (κ3) is 2.14. The van der Waals surface area contributed by atoms with E-state index in [1.807, 2.05) is 54.9 Å². The number of para-hydroxylation sites is 2. The lowest BCUT2D eigenvalue weighted by atomic mass is 9.95. The Hall–Kier alpha value is -3.64. The quantitative estimate of drug-likeness (QED) is 0.306. The summed E-state index contributed by atoms with van der Waals surface area (Å²) in [4.78, 5) is 5.93. The van der Waals surface area contributed by atoms with Crippen molar-refractivity contribution in [3.63, 3.8) is 0 Å². The second-order valence-electron chi connectivity index (χ2n) is 7.60. The highest BCUT2D eigenvalue weighted by molar-refractivity contribution is 6.08. The normalized spacial score (nSPS) is 16.1. The number of aromatic hydroxyl groups is 2. The molecule has 5 N–H and O–H groups in total. The number of fused-ring (bicyclic) bond motifs is 1. The van der Waals surface area contributed by atoms with Gasteiger partial charge in [0.05, 0.1) is 22.7 Å². The van der Waals surface area contributed by atoms with E-state index in [0.29, 0.717) is 24.1 Å². The van der Waals surface area contributed by atoms with Crippen molar-refractivity contribution in [1.29, 1.82) is 0 Å². The molecule has 0 radical (unpaired) electrons. The van der Waals surface area contributed by atoms with Crippen LogP contribution in [0.4, 0.5) is 0 Å². The van der Waals surface area contributed by atoms with E-state index in [1.54, 1.807) is 0 Å². The minimum Gasteiger partial charge on any atom is -0.494 e. The maximum atomic E-state index is 10.7. The standard InChI is InChI=1S/C23H19N3O3/c27-18-8-9-26-11-16(13-5-3-6-14(18)21(13)26)20-19(22(28)25-23(20)29)15-10-24-17-7-2-1-4-12(15)17/h1-7,10-11,18,24-25,27-29H,8-9H2. The van der Waals surface area contributed by atoms with Crippen LogP contribution in [-0.4, -0.2) is 29.9 Å². The first-order valence-corrected chi connectivity index (χ1v) is 9.64. The first-order chi connectivity index (χ1) is 14.1. The Morgan fingerprint density at radius 1 is 0.897 bits per heavy atom. The van der Waals surface area contributed by atoms with E-state index >= 15 is 0 Å². The van der Waals surface area contributed by atoms with Crippen LogP contribution >= 0.6 is 0 Å². The molecule has 0 saturated carbocycles. The van der Waals surface area contributed by atoms with Crippen molar-refractivity contribution in [2.45, 2.75) is 19.1 Å². The minimum atomic E-state index is -0.490.